The number of hydrogen-bond acceptors (Lipinski definition) is 3. The van der Waals surface area contributed by atoms with Crippen molar-refractivity contribution in [3.05, 3.63) is 24.4 Å². The van der Waals surface area contributed by atoms with Gasteiger partial charge < -0.3 is 10.7 Å². The minimum Gasteiger partial charge on any atom is -0.399 e. The van der Waals surface area contributed by atoms with Gasteiger partial charge in [-0.15, -0.1) is 3.89 Å². The maximum Gasteiger partial charge on any atom is 0.334 e. The number of rotatable bonds is 1. The Morgan fingerprint density at radius 3 is 2.71 bits per heavy atom. The molecule has 0 aliphatic rings. The molecule has 2 aromatic rings. The van der Waals surface area contributed by atoms with Crippen molar-refractivity contribution < 1.29 is 12.3 Å². The number of nitrogens with one attached hydrogen (secondary N) is 1. The van der Waals surface area contributed by atoms with Crippen molar-refractivity contribution in [1.29, 1.82) is 0 Å². The van der Waals surface area contributed by atoms with Gasteiger partial charge in [-0.1, -0.05) is 0 Å². The molecule has 0 saturated heterocycles. The Balaban J connectivity index is 2.83. The molecule has 2 rings (SSSR count). The number of halogens is 1. The summed E-state index contributed by atoms with van der Waals surface area (Å²) in [5.74, 6) is 0. The molecular formula is C8H7FN2O2S. The summed E-state index contributed by atoms with van der Waals surface area (Å²) in [6, 6.07) is 4.53. The van der Waals surface area contributed by atoms with Crippen LogP contribution < -0.4 is 5.73 Å². The first-order chi connectivity index (χ1) is 6.48. The van der Waals surface area contributed by atoms with Crippen molar-refractivity contribution in [1.82, 2.24) is 4.98 Å². The SMILES string of the molecule is Nc1ccc2c(S(=O)(=O)F)c[nH]c2c1. The largest absolute Gasteiger partial charge is 0.399 e. The predicted molar refractivity (Wildman–Crippen MR) is 51.0 cm³/mol. The second kappa shape index (κ2) is 2.71. The van der Waals surface area contributed by atoms with Crippen LogP contribution in [-0.2, 0) is 10.2 Å². The number of hydrogen-bond donors (Lipinski definition) is 2. The lowest BCUT2D eigenvalue weighted by Crippen LogP contribution is -1.89. The summed E-state index contributed by atoms with van der Waals surface area (Å²) in [5, 5.41) is 0.307. The summed E-state index contributed by atoms with van der Waals surface area (Å²) in [6.07, 6.45) is 1.11. The van der Waals surface area contributed by atoms with Gasteiger partial charge in [0, 0.05) is 22.8 Å². The first kappa shape index (κ1) is 9.01. The smallest absolute Gasteiger partial charge is 0.334 e. The summed E-state index contributed by atoms with van der Waals surface area (Å²) in [5.41, 5.74) is 6.47. The van der Waals surface area contributed by atoms with E-state index in [1.165, 1.54) is 12.1 Å². The van der Waals surface area contributed by atoms with Gasteiger partial charge in [0.2, 0.25) is 0 Å². The van der Waals surface area contributed by atoms with E-state index in [-0.39, 0.29) is 4.90 Å². The van der Waals surface area contributed by atoms with Crippen LogP contribution in [0.3, 0.4) is 0 Å². The van der Waals surface area contributed by atoms with E-state index in [9.17, 15) is 12.3 Å². The molecule has 4 nitrogen and oxygen atoms in total. The highest BCUT2D eigenvalue weighted by molar-refractivity contribution is 7.86. The molecule has 1 aromatic heterocycles. The maximum absolute atomic E-state index is 12.7. The highest BCUT2D eigenvalue weighted by Gasteiger charge is 2.17. The highest BCUT2D eigenvalue weighted by Crippen LogP contribution is 2.25. The third-order valence-electron chi connectivity index (χ3n) is 1.93. The molecule has 0 bridgehead atoms. The summed E-state index contributed by atoms with van der Waals surface area (Å²) in [4.78, 5) is 2.28. The quantitative estimate of drug-likeness (QED) is 0.556. The number of benzene rings is 1. The monoisotopic (exact) mass is 214 g/mol. The van der Waals surface area contributed by atoms with Gasteiger partial charge in [0.1, 0.15) is 4.90 Å². The minimum absolute atomic E-state index is 0.307. The van der Waals surface area contributed by atoms with Gasteiger partial charge in [-0.2, -0.15) is 8.42 Å². The number of nitrogen functional groups attached to an aromatic ring is 1. The van der Waals surface area contributed by atoms with Gasteiger partial charge in [-0.3, -0.25) is 0 Å². The normalized spacial score (nSPS) is 12.1. The summed E-state index contributed by atoms with van der Waals surface area (Å²) < 4.78 is 34.1. The summed E-state index contributed by atoms with van der Waals surface area (Å²) in [6.45, 7) is 0. The Hall–Kier alpha value is -1.56. The van der Waals surface area contributed by atoms with Crippen molar-refractivity contribution in [3.63, 3.8) is 0 Å². The Morgan fingerprint density at radius 1 is 1.36 bits per heavy atom. The molecule has 0 saturated carbocycles. The van der Waals surface area contributed by atoms with Gasteiger partial charge in [0.25, 0.3) is 0 Å². The van der Waals surface area contributed by atoms with E-state index in [1.807, 2.05) is 0 Å². The number of H-pyrrole nitrogens is 1. The van der Waals surface area contributed by atoms with Crippen molar-refractivity contribution in [2.45, 2.75) is 4.90 Å². The van der Waals surface area contributed by atoms with Crippen LogP contribution >= 0.6 is 0 Å². The van der Waals surface area contributed by atoms with Crippen LogP contribution in [0.5, 0.6) is 0 Å². The van der Waals surface area contributed by atoms with Crippen molar-refractivity contribution in [2.75, 3.05) is 5.73 Å². The number of nitrogens with two attached hydrogens (primary N) is 1. The zero-order valence-electron chi connectivity index (χ0n) is 6.99. The predicted octanol–water partition coefficient (Wildman–Crippen LogP) is 1.41. The zero-order chi connectivity index (χ0) is 10.3. The first-order valence-electron chi connectivity index (χ1n) is 3.80. The van der Waals surface area contributed by atoms with Crippen LogP contribution in [0.1, 0.15) is 0 Å². The molecule has 0 atom stereocenters. The average molecular weight is 214 g/mol. The molecule has 0 amide bonds. The maximum atomic E-state index is 12.7. The van der Waals surface area contributed by atoms with E-state index in [2.05, 4.69) is 4.98 Å². The summed E-state index contributed by atoms with van der Waals surface area (Å²) >= 11 is 0. The van der Waals surface area contributed by atoms with Gasteiger partial charge in [-0.25, -0.2) is 0 Å². The Kier molecular flexibility index (Phi) is 1.75. The van der Waals surface area contributed by atoms with Crippen LogP contribution in [0.15, 0.2) is 29.3 Å². The molecule has 0 aliphatic carbocycles. The fourth-order valence-electron chi connectivity index (χ4n) is 1.32. The van der Waals surface area contributed by atoms with Crippen LogP contribution in [0.4, 0.5) is 9.57 Å². The van der Waals surface area contributed by atoms with E-state index in [0.29, 0.717) is 16.6 Å². The van der Waals surface area contributed by atoms with Gasteiger partial charge >= 0.3 is 10.2 Å². The highest BCUT2D eigenvalue weighted by atomic mass is 32.3. The summed E-state index contributed by atoms with van der Waals surface area (Å²) in [7, 11) is -4.67. The lowest BCUT2D eigenvalue weighted by molar-refractivity contribution is 0.553. The molecule has 74 valence electrons. The Morgan fingerprint density at radius 2 is 2.07 bits per heavy atom. The molecule has 0 aliphatic heterocycles. The van der Waals surface area contributed by atoms with Crippen LogP contribution in [-0.4, -0.2) is 13.4 Å². The molecule has 0 unspecified atom stereocenters. The van der Waals surface area contributed by atoms with Gasteiger partial charge in [0.15, 0.2) is 0 Å². The van der Waals surface area contributed by atoms with E-state index < -0.39 is 10.2 Å². The van der Waals surface area contributed by atoms with Crippen LogP contribution in [0.2, 0.25) is 0 Å². The second-order valence-corrected chi connectivity index (χ2v) is 4.21. The van der Waals surface area contributed by atoms with E-state index >= 15 is 0 Å². The van der Waals surface area contributed by atoms with E-state index in [4.69, 9.17) is 5.73 Å². The van der Waals surface area contributed by atoms with Gasteiger partial charge in [0.05, 0.1) is 0 Å². The van der Waals surface area contributed by atoms with Crippen molar-refractivity contribution >= 4 is 26.8 Å². The lowest BCUT2D eigenvalue weighted by atomic mass is 10.2. The molecule has 6 heteroatoms. The third kappa shape index (κ3) is 1.33. The Bertz CT molecular complexity index is 588. The fourth-order valence-corrected chi connectivity index (χ4v) is 1.96. The molecule has 3 N–H and O–H groups in total. The zero-order valence-corrected chi connectivity index (χ0v) is 7.81. The number of fused-ring (bicyclic) bond motifs is 1. The fraction of sp³-hybridized carbons (Fsp3) is 0. The van der Waals surface area contributed by atoms with Crippen molar-refractivity contribution in [2.24, 2.45) is 0 Å². The number of aromatic amines is 1. The van der Waals surface area contributed by atoms with E-state index in [1.54, 1.807) is 6.07 Å². The van der Waals surface area contributed by atoms with Crippen molar-refractivity contribution in [3.8, 4) is 0 Å². The molecule has 0 radical (unpaired) electrons. The van der Waals surface area contributed by atoms with Crippen LogP contribution in [0, 0.1) is 0 Å². The minimum atomic E-state index is -4.67. The molecule has 0 spiro atoms. The number of aromatic nitrogens is 1. The topological polar surface area (TPSA) is 76.0 Å². The molecule has 0 fully saturated rings. The molecular weight excluding hydrogens is 207 g/mol. The van der Waals surface area contributed by atoms with E-state index in [0.717, 1.165) is 6.20 Å². The second-order valence-electron chi connectivity index (χ2n) is 2.90. The standard InChI is InChI=1S/C8H7FN2O2S/c9-14(12,13)8-4-11-7-3-5(10)1-2-6(7)8/h1-4,11H,10H2. The van der Waals surface area contributed by atoms with Crippen LogP contribution in [0.25, 0.3) is 10.9 Å². The molecule has 1 aromatic carbocycles. The molecule has 1 heterocycles. The number of anilines is 1. The third-order valence-corrected chi connectivity index (χ3v) is 2.79. The van der Waals surface area contributed by atoms with Gasteiger partial charge in [-0.05, 0) is 18.2 Å². The average Bonchev–Trinajstić information content (AvgIpc) is 2.45. The lowest BCUT2D eigenvalue weighted by Gasteiger charge is -1.94. The molecule has 14 heavy (non-hydrogen) atoms. The Labute approximate surface area is 79.7 Å². The first-order valence-corrected chi connectivity index (χ1v) is 5.18.